The third-order valence-electron chi connectivity index (χ3n) is 1.24. The van der Waals surface area contributed by atoms with Gasteiger partial charge in [0.1, 0.15) is 0 Å². The molecule has 0 aliphatic rings. The number of nitrogens with zero attached hydrogens (tertiary/aromatic N) is 4. The van der Waals surface area contributed by atoms with Crippen LogP contribution in [0.4, 0.5) is 0 Å². The summed E-state index contributed by atoms with van der Waals surface area (Å²) in [5.41, 5.74) is 0. The third kappa shape index (κ3) is 2.01. The number of aromatic nitrogens is 4. The maximum Gasteiger partial charge on any atom is 0.151 e. The van der Waals surface area contributed by atoms with E-state index < -0.39 is 0 Å². The first kappa shape index (κ1) is 8.20. The highest BCUT2D eigenvalue weighted by atomic mass is 35.5. The zero-order valence-electron chi connectivity index (χ0n) is 6.29. The monoisotopic (exact) mass is 172 g/mol. The molecule has 0 atom stereocenters. The van der Waals surface area contributed by atoms with E-state index in [9.17, 15) is 0 Å². The second kappa shape index (κ2) is 3.48. The standard InChI is InChI=1S/C6H9ClN4/c1-3-6-8-9-10-11(6)4-5(2)7/h2-4H2,1H3. The van der Waals surface area contributed by atoms with Gasteiger partial charge >= 0.3 is 0 Å². The highest BCUT2D eigenvalue weighted by molar-refractivity contribution is 6.29. The number of allylic oxidation sites excluding steroid dienone is 1. The van der Waals surface area contributed by atoms with Gasteiger partial charge in [0.05, 0.1) is 6.54 Å². The molecule has 1 rings (SSSR count). The largest absolute Gasteiger partial charge is 0.224 e. The highest BCUT2D eigenvalue weighted by Crippen LogP contribution is 2.02. The van der Waals surface area contributed by atoms with Gasteiger partial charge < -0.3 is 0 Å². The number of aryl methyl sites for hydroxylation is 1. The van der Waals surface area contributed by atoms with E-state index in [2.05, 4.69) is 22.1 Å². The maximum atomic E-state index is 5.59. The molecular formula is C6H9ClN4. The fraction of sp³-hybridized carbons (Fsp3) is 0.500. The van der Waals surface area contributed by atoms with Crippen LogP contribution in [0.25, 0.3) is 0 Å². The lowest BCUT2D eigenvalue weighted by atomic mass is 10.4. The van der Waals surface area contributed by atoms with Crippen LogP contribution in [0.15, 0.2) is 11.6 Å². The van der Waals surface area contributed by atoms with E-state index in [1.807, 2.05) is 6.92 Å². The van der Waals surface area contributed by atoms with Crippen molar-refractivity contribution >= 4 is 11.6 Å². The summed E-state index contributed by atoms with van der Waals surface area (Å²) >= 11 is 5.59. The zero-order chi connectivity index (χ0) is 8.27. The third-order valence-corrected chi connectivity index (χ3v) is 1.36. The Hall–Kier alpha value is -0.900. The maximum absolute atomic E-state index is 5.59. The molecular weight excluding hydrogens is 164 g/mol. The van der Waals surface area contributed by atoms with Gasteiger partial charge in [0, 0.05) is 11.5 Å². The molecule has 0 saturated carbocycles. The molecule has 60 valence electrons. The first-order chi connectivity index (χ1) is 5.24. The lowest BCUT2D eigenvalue weighted by Gasteiger charge is -1.98. The molecule has 1 aromatic heterocycles. The summed E-state index contributed by atoms with van der Waals surface area (Å²) < 4.78 is 1.63. The molecule has 4 nitrogen and oxygen atoms in total. The lowest BCUT2D eigenvalue weighted by molar-refractivity contribution is 0.628. The van der Waals surface area contributed by atoms with Crippen molar-refractivity contribution in [3.8, 4) is 0 Å². The fourth-order valence-corrected chi connectivity index (χ4v) is 0.875. The van der Waals surface area contributed by atoms with Gasteiger partial charge in [-0.25, -0.2) is 4.68 Å². The molecule has 0 aliphatic heterocycles. The quantitative estimate of drug-likeness (QED) is 0.683. The average Bonchev–Trinajstić information content (AvgIpc) is 2.34. The molecule has 11 heavy (non-hydrogen) atoms. The van der Waals surface area contributed by atoms with Crippen molar-refractivity contribution in [3.63, 3.8) is 0 Å². The summed E-state index contributed by atoms with van der Waals surface area (Å²) in [7, 11) is 0. The van der Waals surface area contributed by atoms with Crippen LogP contribution in [-0.4, -0.2) is 20.2 Å². The molecule has 0 unspecified atom stereocenters. The normalized spacial score (nSPS) is 10.0. The van der Waals surface area contributed by atoms with Crippen LogP contribution in [0, 0.1) is 0 Å². The number of hydrogen-bond donors (Lipinski definition) is 0. The Labute approximate surface area is 69.9 Å². The van der Waals surface area contributed by atoms with Gasteiger partial charge in [-0.05, 0) is 10.4 Å². The van der Waals surface area contributed by atoms with Gasteiger partial charge in [0.15, 0.2) is 5.82 Å². The minimum Gasteiger partial charge on any atom is -0.224 e. The first-order valence-corrected chi connectivity index (χ1v) is 3.70. The zero-order valence-corrected chi connectivity index (χ0v) is 7.04. The van der Waals surface area contributed by atoms with Gasteiger partial charge in [-0.15, -0.1) is 5.10 Å². The molecule has 5 heteroatoms. The molecule has 0 amide bonds. The summed E-state index contributed by atoms with van der Waals surface area (Å²) in [6.45, 7) is 6.02. The Morgan fingerprint density at radius 3 is 3.00 bits per heavy atom. The number of hydrogen-bond acceptors (Lipinski definition) is 3. The average molecular weight is 173 g/mol. The van der Waals surface area contributed by atoms with E-state index in [0.717, 1.165) is 12.2 Å². The Kier molecular flexibility index (Phi) is 2.59. The van der Waals surface area contributed by atoms with Crippen molar-refractivity contribution in [2.75, 3.05) is 0 Å². The summed E-state index contributed by atoms with van der Waals surface area (Å²) in [4.78, 5) is 0. The topological polar surface area (TPSA) is 43.6 Å². The van der Waals surface area contributed by atoms with E-state index in [4.69, 9.17) is 11.6 Å². The molecule has 0 bridgehead atoms. The second-order valence-electron chi connectivity index (χ2n) is 2.12. The Morgan fingerprint density at radius 1 is 1.73 bits per heavy atom. The predicted octanol–water partition coefficient (Wildman–Crippen LogP) is 0.988. The van der Waals surface area contributed by atoms with Gasteiger partial charge in [-0.2, -0.15) is 0 Å². The van der Waals surface area contributed by atoms with Crippen LogP contribution in [0.2, 0.25) is 0 Å². The molecule has 0 spiro atoms. The molecule has 0 radical (unpaired) electrons. The number of halogens is 1. The summed E-state index contributed by atoms with van der Waals surface area (Å²) in [5.74, 6) is 0.826. The van der Waals surface area contributed by atoms with Crippen molar-refractivity contribution < 1.29 is 0 Å². The smallest absolute Gasteiger partial charge is 0.151 e. The van der Waals surface area contributed by atoms with E-state index in [0.29, 0.717) is 11.6 Å². The van der Waals surface area contributed by atoms with E-state index in [1.54, 1.807) is 4.68 Å². The van der Waals surface area contributed by atoms with Gasteiger partial charge in [-0.3, -0.25) is 0 Å². The predicted molar refractivity (Wildman–Crippen MR) is 42.2 cm³/mol. The highest BCUT2D eigenvalue weighted by Gasteiger charge is 2.02. The van der Waals surface area contributed by atoms with E-state index in [-0.39, 0.29) is 0 Å². The van der Waals surface area contributed by atoms with Crippen LogP contribution in [0.5, 0.6) is 0 Å². The molecule has 1 aromatic rings. The SMILES string of the molecule is C=C(Cl)Cn1nnnc1CC. The van der Waals surface area contributed by atoms with Gasteiger partial charge in [-0.1, -0.05) is 25.1 Å². The minimum atomic E-state index is 0.484. The van der Waals surface area contributed by atoms with Crippen LogP contribution in [0.3, 0.4) is 0 Å². The van der Waals surface area contributed by atoms with E-state index >= 15 is 0 Å². The van der Waals surface area contributed by atoms with Crippen LogP contribution < -0.4 is 0 Å². The Morgan fingerprint density at radius 2 is 2.45 bits per heavy atom. The van der Waals surface area contributed by atoms with Crippen LogP contribution in [-0.2, 0) is 13.0 Å². The Bertz CT molecular complexity index is 255. The molecule has 0 fully saturated rings. The number of rotatable bonds is 3. The lowest BCUT2D eigenvalue weighted by Crippen LogP contribution is -2.04. The molecule has 0 aromatic carbocycles. The first-order valence-electron chi connectivity index (χ1n) is 3.32. The van der Waals surface area contributed by atoms with Crippen molar-refractivity contribution in [1.82, 2.24) is 20.2 Å². The molecule has 0 N–H and O–H groups in total. The van der Waals surface area contributed by atoms with Crippen molar-refractivity contribution in [3.05, 3.63) is 17.4 Å². The molecule has 1 heterocycles. The second-order valence-corrected chi connectivity index (χ2v) is 2.66. The van der Waals surface area contributed by atoms with E-state index in [1.165, 1.54) is 0 Å². The summed E-state index contributed by atoms with van der Waals surface area (Å²) in [6, 6.07) is 0. The van der Waals surface area contributed by atoms with Crippen LogP contribution in [0.1, 0.15) is 12.7 Å². The number of tetrazole rings is 1. The minimum absolute atomic E-state index is 0.484. The van der Waals surface area contributed by atoms with Crippen LogP contribution >= 0.6 is 11.6 Å². The summed E-state index contributed by atoms with van der Waals surface area (Å²) in [6.07, 6.45) is 0.803. The summed E-state index contributed by atoms with van der Waals surface area (Å²) in [5, 5.41) is 11.6. The van der Waals surface area contributed by atoms with Crippen molar-refractivity contribution in [2.45, 2.75) is 19.9 Å². The Balaban J connectivity index is 2.76. The van der Waals surface area contributed by atoms with Crippen molar-refractivity contribution in [2.24, 2.45) is 0 Å². The molecule has 0 saturated heterocycles. The fourth-order valence-electron chi connectivity index (χ4n) is 0.762. The van der Waals surface area contributed by atoms with Gasteiger partial charge in [0.2, 0.25) is 0 Å². The van der Waals surface area contributed by atoms with Crippen molar-refractivity contribution in [1.29, 1.82) is 0 Å². The van der Waals surface area contributed by atoms with Gasteiger partial charge in [0.25, 0.3) is 0 Å². The molecule has 0 aliphatic carbocycles.